The van der Waals surface area contributed by atoms with E-state index in [0.717, 1.165) is 6.42 Å². The number of aliphatic hydroxyl groups excluding tert-OH is 1. The molecule has 1 aliphatic rings. The number of aliphatic hydroxyl groups is 1. The van der Waals surface area contributed by atoms with Crippen LogP contribution in [0.15, 0.2) is 42.5 Å². The monoisotopic (exact) mass is 283 g/mol. The van der Waals surface area contributed by atoms with Crippen LogP contribution >= 0.6 is 0 Å². The summed E-state index contributed by atoms with van der Waals surface area (Å²) in [5.41, 5.74) is 1.26. The number of amides is 1. The summed E-state index contributed by atoms with van der Waals surface area (Å²) < 4.78 is 0. The van der Waals surface area contributed by atoms with Crippen molar-refractivity contribution in [1.82, 2.24) is 4.90 Å². The number of nitrogens with zero attached hydrogens (tertiary/aromatic N) is 1. The van der Waals surface area contributed by atoms with Gasteiger partial charge in [-0.05, 0) is 35.6 Å². The molecule has 2 aromatic rings. The molecule has 1 N–H and O–H groups in total. The number of benzene rings is 2. The summed E-state index contributed by atoms with van der Waals surface area (Å²) in [6.45, 7) is 3.10. The Morgan fingerprint density at radius 1 is 1.24 bits per heavy atom. The third-order valence-corrected chi connectivity index (χ3v) is 4.37. The second-order valence-corrected chi connectivity index (χ2v) is 5.70. The summed E-state index contributed by atoms with van der Waals surface area (Å²) >= 11 is 0. The van der Waals surface area contributed by atoms with Crippen LogP contribution in [0.3, 0.4) is 0 Å². The zero-order chi connectivity index (χ0) is 14.8. The standard InChI is InChI=1S/C18H21NO2/c1-2-19(9-10-20)18(21)17-12-16(17)15-8-7-13-5-3-4-6-14(13)11-15/h3-8,11,16-17,20H,2,9-10,12H2,1H3. The zero-order valence-corrected chi connectivity index (χ0v) is 12.3. The zero-order valence-electron chi connectivity index (χ0n) is 12.3. The van der Waals surface area contributed by atoms with E-state index in [-0.39, 0.29) is 18.4 Å². The van der Waals surface area contributed by atoms with Gasteiger partial charge in [-0.15, -0.1) is 0 Å². The van der Waals surface area contributed by atoms with E-state index in [1.807, 2.05) is 19.1 Å². The topological polar surface area (TPSA) is 40.5 Å². The predicted molar refractivity (Wildman–Crippen MR) is 84.1 cm³/mol. The lowest BCUT2D eigenvalue weighted by atomic mass is 10.0. The van der Waals surface area contributed by atoms with Gasteiger partial charge in [-0.25, -0.2) is 0 Å². The predicted octanol–water partition coefficient (Wildman–Crippen LogP) is 2.78. The molecule has 0 radical (unpaired) electrons. The summed E-state index contributed by atoms with van der Waals surface area (Å²) in [5.74, 6) is 0.622. The highest BCUT2D eigenvalue weighted by molar-refractivity contribution is 5.85. The molecule has 1 saturated carbocycles. The van der Waals surface area contributed by atoms with Crippen molar-refractivity contribution in [1.29, 1.82) is 0 Å². The van der Waals surface area contributed by atoms with Crippen molar-refractivity contribution >= 4 is 16.7 Å². The van der Waals surface area contributed by atoms with Crippen LogP contribution < -0.4 is 0 Å². The number of carbonyl (C=O) groups excluding carboxylic acids is 1. The lowest BCUT2D eigenvalue weighted by molar-refractivity contribution is -0.133. The number of rotatable bonds is 5. The Labute approximate surface area is 125 Å². The molecule has 0 heterocycles. The molecule has 1 amide bonds. The highest BCUT2D eigenvalue weighted by atomic mass is 16.3. The largest absolute Gasteiger partial charge is 0.395 e. The molecule has 0 spiro atoms. The molecule has 3 heteroatoms. The minimum absolute atomic E-state index is 0.0347. The van der Waals surface area contributed by atoms with E-state index in [1.54, 1.807) is 4.90 Å². The summed E-state index contributed by atoms with van der Waals surface area (Å²) in [6.07, 6.45) is 0.930. The molecule has 2 aromatic carbocycles. The van der Waals surface area contributed by atoms with E-state index in [2.05, 4.69) is 30.3 Å². The average Bonchev–Trinajstić information content (AvgIpc) is 3.32. The van der Waals surface area contributed by atoms with Crippen molar-refractivity contribution in [2.75, 3.05) is 19.7 Å². The van der Waals surface area contributed by atoms with Gasteiger partial charge < -0.3 is 10.0 Å². The molecule has 3 rings (SSSR count). The SMILES string of the molecule is CCN(CCO)C(=O)C1CC1c1ccc2ccccc2c1. The van der Waals surface area contributed by atoms with E-state index < -0.39 is 0 Å². The van der Waals surface area contributed by atoms with Crippen LogP contribution in [0, 0.1) is 5.92 Å². The third kappa shape index (κ3) is 2.79. The number of carbonyl (C=O) groups is 1. The minimum atomic E-state index is 0.0347. The molecule has 21 heavy (non-hydrogen) atoms. The lowest BCUT2D eigenvalue weighted by Gasteiger charge is -2.19. The number of likely N-dealkylation sites (N-methyl/N-ethyl adjacent to an activating group) is 1. The Morgan fingerprint density at radius 3 is 2.71 bits per heavy atom. The maximum Gasteiger partial charge on any atom is 0.226 e. The average molecular weight is 283 g/mol. The Balaban J connectivity index is 1.75. The van der Waals surface area contributed by atoms with Gasteiger partial charge in [0.2, 0.25) is 5.91 Å². The molecular weight excluding hydrogens is 262 g/mol. The summed E-state index contributed by atoms with van der Waals surface area (Å²) in [5, 5.41) is 11.5. The Hall–Kier alpha value is -1.87. The highest BCUT2D eigenvalue weighted by Gasteiger charge is 2.45. The molecular formula is C18H21NO2. The fraction of sp³-hybridized carbons (Fsp3) is 0.389. The highest BCUT2D eigenvalue weighted by Crippen LogP contribution is 2.48. The lowest BCUT2D eigenvalue weighted by Crippen LogP contribution is -2.34. The first kappa shape index (κ1) is 14.1. The molecule has 0 aliphatic heterocycles. The number of hydrogen-bond donors (Lipinski definition) is 1. The maximum absolute atomic E-state index is 12.4. The van der Waals surface area contributed by atoms with Gasteiger partial charge >= 0.3 is 0 Å². The van der Waals surface area contributed by atoms with Crippen LogP contribution in [0.1, 0.15) is 24.8 Å². The van der Waals surface area contributed by atoms with Crippen LogP contribution in [0.4, 0.5) is 0 Å². The van der Waals surface area contributed by atoms with Crippen molar-refractivity contribution in [3.63, 3.8) is 0 Å². The molecule has 1 aliphatic carbocycles. The van der Waals surface area contributed by atoms with Crippen molar-refractivity contribution in [3.8, 4) is 0 Å². The first-order valence-electron chi connectivity index (χ1n) is 7.63. The number of fused-ring (bicyclic) bond motifs is 1. The molecule has 2 unspecified atom stereocenters. The molecule has 3 nitrogen and oxygen atoms in total. The van der Waals surface area contributed by atoms with Gasteiger partial charge in [0.25, 0.3) is 0 Å². The molecule has 0 bridgehead atoms. The quantitative estimate of drug-likeness (QED) is 0.916. The first-order valence-corrected chi connectivity index (χ1v) is 7.63. The van der Waals surface area contributed by atoms with E-state index >= 15 is 0 Å². The Bertz CT molecular complexity index is 652. The smallest absolute Gasteiger partial charge is 0.226 e. The van der Waals surface area contributed by atoms with Gasteiger partial charge in [0, 0.05) is 19.0 Å². The van der Waals surface area contributed by atoms with Gasteiger partial charge in [0.1, 0.15) is 0 Å². The molecule has 1 fully saturated rings. The maximum atomic E-state index is 12.4. The Morgan fingerprint density at radius 2 is 2.00 bits per heavy atom. The second-order valence-electron chi connectivity index (χ2n) is 5.70. The normalized spacial score (nSPS) is 20.5. The van der Waals surface area contributed by atoms with Crippen molar-refractivity contribution in [2.24, 2.45) is 5.92 Å². The summed E-state index contributed by atoms with van der Waals surface area (Å²) in [6, 6.07) is 14.8. The fourth-order valence-electron chi connectivity index (χ4n) is 3.05. The first-order chi connectivity index (χ1) is 10.2. The van der Waals surface area contributed by atoms with Crippen LogP contribution in [0.5, 0.6) is 0 Å². The van der Waals surface area contributed by atoms with Crippen molar-refractivity contribution in [2.45, 2.75) is 19.3 Å². The minimum Gasteiger partial charge on any atom is -0.395 e. The Kier molecular flexibility index (Phi) is 3.93. The summed E-state index contributed by atoms with van der Waals surface area (Å²) in [7, 11) is 0. The van der Waals surface area contributed by atoms with Crippen LogP contribution in [0.2, 0.25) is 0 Å². The molecule has 110 valence electrons. The van der Waals surface area contributed by atoms with Crippen molar-refractivity contribution < 1.29 is 9.90 Å². The van der Waals surface area contributed by atoms with Crippen LogP contribution in [-0.4, -0.2) is 35.6 Å². The van der Waals surface area contributed by atoms with Gasteiger partial charge in [-0.1, -0.05) is 42.5 Å². The van der Waals surface area contributed by atoms with Crippen LogP contribution in [-0.2, 0) is 4.79 Å². The molecule has 2 atom stereocenters. The van der Waals surface area contributed by atoms with Crippen molar-refractivity contribution in [3.05, 3.63) is 48.0 Å². The van der Waals surface area contributed by atoms with E-state index in [0.29, 0.717) is 19.0 Å². The second kappa shape index (κ2) is 5.86. The van der Waals surface area contributed by atoms with E-state index in [9.17, 15) is 4.79 Å². The molecule has 0 aromatic heterocycles. The van der Waals surface area contributed by atoms with Gasteiger partial charge in [-0.2, -0.15) is 0 Å². The fourth-order valence-corrected chi connectivity index (χ4v) is 3.05. The molecule has 0 saturated heterocycles. The van der Waals surface area contributed by atoms with Gasteiger partial charge in [0.05, 0.1) is 6.61 Å². The van der Waals surface area contributed by atoms with Gasteiger partial charge in [-0.3, -0.25) is 4.79 Å². The van der Waals surface area contributed by atoms with Crippen LogP contribution in [0.25, 0.3) is 10.8 Å². The van der Waals surface area contributed by atoms with Gasteiger partial charge in [0.15, 0.2) is 0 Å². The number of hydrogen-bond acceptors (Lipinski definition) is 2. The third-order valence-electron chi connectivity index (χ3n) is 4.37. The summed E-state index contributed by atoms with van der Waals surface area (Å²) in [4.78, 5) is 14.1. The van der Waals surface area contributed by atoms with E-state index in [4.69, 9.17) is 5.11 Å². The van der Waals surface area contributed by atoms with E-state index in [1.165, 1.54) is 16.3 Å².